The molecule has 2 aromatic rings. The van der Waals surface area contributed by atoms with Crippen LogP contribution in [0.25, 0.3) is 0 Å². The summed E-state index contributed by atoms with van der Waals surface area (Å²) < 4.78 is 5.77. The molecule has 0 aliphatic carbocycles. The maximum absolute atomic E-state index is 12.5. The molecule has 1 heterocycles. The van der Waals surface area contributed by atoms with Gasteiger partial charge in [-0.05, 0) is 48.6 Å². The molecule has 0 fully saturated rings. The van der Waals surface area contributed by atoms with Crippen LogP contribution in [-0.4, -0.2) is 25.0 Å². The van der Waals surface area contributed by atoms with E-state index in [0.29, 0.717) is 19.6 Å². The van der Waals surface area contributed by atoms with E-state index in [2.05, 4.69) is 22.8 Å². The highest BCUT2D eigenvalue weighted by Crippen LogP contribution is 2.30. The first-order valence-corrected chi connectivity index (χ1v) is 9.91. The van der Waals surface area contributed by atoms with Crippen LogP contribution in [0, 0.1) is 11.8 Å². The van der Waals surface area contributed by atoms with E-state index >= 15 is 0 Å². The second kappa shape index (κ2) is 9.40. The molecule has 0 spiro atoms. The molecule has 3 rings (SSSR count). The summed E-state index contributed by atoms with van der Waals surface area (Å²) in [6, 6.07) is 15.9. The van der Waals surface area contributed by atoms with Gasteiger partial charge >= 0.3 is 0 Å². The zero-order valence-corrected chi connectivity index (χ0v) is 16.5. The van der Waals surface area contributed by atoms with Crippen LogP contribution in [0.15, 0.2) is 48.5 Å². The molecule has 2 aromatic carbocycles. The van der Waals surface area contributed by atoms with Gasteiger partial charge < -0.3 is 15.4 Å². The van der Waals surface area contributed by atoms with Gasteiger partial charge in [0.05, 0.1) is 5.92 Å². The van der Waals surface area contributed by atoms with Crippen LogP contribution in [-0.2, 0) is 22.4 Å². The first kappa shape index (κ1) is 19.9. The molecule has 1 aliphatic heterocycles. The molecular formula is C23H28N2O3. The molecule has 5 heteroatoms. The molecule has 0 bridgehead atoms. The van der Waals surface area contributed by atoms with Crippen molar-refractivity contribution < 1.29 is 14.3 Å². The lowest BCUT2D eigenvalue weighted by Crippen LogP contribution is -2.37. The minimum Gasteiger partial charge on any atom is -0.492 e. The summed E-state index contributed by atoms with van der Waals surface area (Å²) >= 11 is 0. The Bertz CT molecular complexity index is 818. The predicted molar refractivity (Wildman–Crippen MR) is 110 cm³/mol. The monoisotopic (exact) mass is 380 g/mol. The van der Waals surface area contributed by atoms with E-state index in [1.165, 1.54) is 5.56 Å². The largest absolute Gasteiger partial charge is 0.492 e. The highest BCUT2D eigenvalue weighted by Gasteiger charge is 2.26. The molecule has 0 radical (unpaired) electrons. The van der Waals surface area contributed by atoms with Gasteiger partial charge in [-0.25, -0.2) is 0 Å². The van der Waals surface area contributed by atoms with Crippen molar-refractivity contribution in [3.05, 3.63) is 59.7 Å². The van der Waals surface area contributed by atoms with Crippen molar-refractivity contribution in [2.45, 2.75) is 33.1 Å². The molecule has 148 valence electrons. The number of nitrogens with one attached hydrogen (secondary N) is 2. The van der Waals surface area contributed by atoms with Gasteiger partial charge in [0, 0.05) is 18.2 Å². The number of rotatable bonds is 7. The van der Waals surface area contributed by atoms with Crippen molar-refractivity contribution in [1.29, 1.82) is 0 Å². The smallest absolute Gasteiger partial charge is 0.226 e. The minimum atomic E-state index is -0.208. The van der Waals surface area contributed by atoms with Crippen molar-refractivity contribution in [3.63, 3.8) is 0 Å². The predicted octanol–water partition coefficient (Wildman–Crippen LogP) is 3.58. The molecule has 2 amide bonds. The van der Waals surface area contributed by atoms with Crippen LogP contribution < -0.4 is 15.4 Å². The Morgan fingerprint density at radius 1 is 1.14 bits per heavy atom. The summed E-state index contributed by atoms with van der Waals surface area (Å²) in [6.07, 6.45) is 2.47. The Kier molecular flexibility index (Phi) is 6.69. The van der Waals surface area contributed by atoms with Gasteiger partial charge in [-0.2, -0.15) is 0 Å². The number of carbonyl (C=O) groups is 2. The van der Waals surface area contributed by atoms with E-state index in [0.717, 1.165) is 29.8 Å². The van der Waals surface area contributed by atoms with Crippen molar-refractivity contribution in [3.8, 4) is 5.75 Å². The van der Waals surface area contributed by atoms with Gasteiger partial charge in [0.1, 0.15) is 12.4 Å². The number of benzene rings is 2. The third kappa shape index (κ3) is 5.35. The topological polar surface area (TPSA) is 67.4 Å². The highest BCUT2D eigenvalue weighted by molar-refractivity contribution is 5.92. The molecular weight excluding hydrogens is 352 g/mol. The Balaban J connectivity index is 1.50. The van der Waals surface area contributed by atoms with Gasteiger partial charge in [-0.1, -0.05) is 44.2 Å². The minimum absolute atomic E-state index is 0.0235. The van der Waals surface area contributed by atoms with E-state index in [-0.39, 0.29) is 23.7 Å². The number of fused-ring (bicyclic) bond motifs is 1. The summed E-state index contributed by atoms with van der Waals surface area (Å²) in [4.78, 5) is 24.4. The molecule has 28 heavy (non-hydrogen) atoms. The first-order chi connectivity index (χ1) is 13.5. The SMILES string of the molecule is CC(C)C(=O)Nc1ccc2c(c1)CC(C(=O)NCCCc1ccccc1)CO2. The average molecular weight is 380 g/mol. The number of amides is 2. The first-order valence-electron chi connectivity index (χ1n) is 9.91. The number of carbonyl (C=O) groups excluding carboxylic acids is 2. The second-order valence-corrected chi connectivity index (χ2v) is 7.56. The summed E-state index contributed by atoms with van der Waals surface area (Å²) in [5.41, 5.74) is 2.98. The summed E-state index contributed by atoms with van der Waals surface area (Å²) in [5.74, 6) is 0.498. The fourth-order valence-electron chi connectivity index (χ4n) is 3.22. The number of hydrogen-bond acceptors (Lipinski definition) is 3. The average Bonchev–Trinajstić information content (AvgIpc) is 2.71. The van der Waals surface area contributed by atoms with E-state index in [4.69, 9.17) is 4.74 Å². The summed E-state index contributed by atoms with van der Waals surface area (Å²) in [5, 5.41) is 5.92. The van der Waals surface area contributed by atoms with Crippen molar-refractivity contribution in [1.82, 2.24) is 5.32 Å². The Hall–Kier alpha value is -2.82. The lowest BCUT2D eigenvalue weighted by atomic mass is 9.95. The molecule has 1 atom stereocenters. The maximum atomic E-state index is 12.5. The van der Waals surface area contributed by atoms with Crippen LogP contribution in [0.4, 0.5) is 5.69 Å². The zero-order valence-electron chi connectivity index (χ0n) is 16.5. The molecule has 2 N–H and O–H groups in total. The zero-order chi connectivity index (χ0) is 19.9. The van der Waals surface area contributed by atoms with E-state index in [1.807, 2.05) is 50.2 Å². The van der Waals surface area contributed by atoms with Crippen molar-refractivity contribution in [2.24, 2.45) is 11.8 Å². The van der Waals surface area contributed by atoms with E-state index < -0.39 is 0 Å². The molecule has 1 unspecified atom stereocenters. The third-order valence-electron chi connectivity index (χ3n) is 4.91. The quantitative estimate of drug-likeness (QED) is 0.722. The van der Waals surface area contributed by atoms with Gasteiger partial charge in [0.25, 0.3) is 0 Å². The Morgan fingerprint density at radius 3 is 2.68 bits per heavy atom. The number of aryl methyl sites for hydroxylation is 1. The highest BCUT2D eigenvalue weighted by atomic mass is 16.5. The van der Waals surface area contributed by atoms with Gasteiger partial charge in [0.15, 0.2) is 0 Å². The van der Waals surface area contributed by atoms with Gasteiger partial charge in [0.2, 0.25) is 11.8 Å². The lowest BCUT2D eigenvalue weighted by molar-refractivity contribution is -0.126. The normalized spacial score (nSPS) is 15.5. The third-order valence-corrected chi connectivity index (χ3v) is 4.91. The molecule has 5 nitrogen and oxygen atoms in total. The van der Waals surface area contributed by atoms with Gasteiger partial charge in [-0.15, -0.1) is 0 Å². The van der Waals surface area contributed by atoms with Gasteiger partial charge in [-0.3, -0.25) is 9.59 Å². The molecule has 1 aliphatic rings. The number of ether oxygens (including phenoxy) is 1. The van der Waals surface area contributed by atoms with Crippen LogP contribution >= 0.6 is 0 Å². The van der Waals surface area contributed by atoms with Crippen LogP contribution in [0.2, 0.25) is 0 Å². The summed E-state index contributed by atoms with van der Waals surface area (Å²) in [7, 11) is 0. The standard InChI is InChI=1S/C23H28N2O3/c1-16(2)22(26)25-20-10-11-21-18(14-20)13-19(15-28-21)23(27)24-12-6-9-17-7-4-3-5-8-17/h3-5,7-8,10-11,14,16,19H,6,9,12-13,15H2,1-2H3,(H,24,27)(H,25,26). The number of hydrogen-bond donors (Lipinski definition) is 2. The number of anilines is 1. The van der Waals surface area contributed by atoms with Crippen LogP contribution in [0.5, 0.6) is 5.75 Å². The van der Waals surface area contributed by atoms with Crippen LogP contribution in [0.3, 0.4) is 0 Å². The molecule has 0 aromatic heterocycles. The Morgan fingerprint density at radius 2 is 1.93 bits per heavy atom. The molecule has 0 saturated carbocycles. The Labute approximate surface area is 166 Å². The van der Waals surface area contributed by atoms with Crippen LogP contribution in [0.1, 0.15) is 31.4 Å². The van der Waals surface area contributed by atoms with Crippen molar-refractivity contribution >= 4 is 17.5 Å². The fourth-order valence-corrected chi connectivity index (χ4v) is 3.22. The van der Waals surface area contributed by atoms with E-state index in [1.54, 1.807) is 0 Å². The fraction of sp³-hybridized carbons (Fsp3) is 0.391. The molecule has 0 saturated heterocycles. The summed E-state index contributed by atoms with van der Waals surface area (Å²) in [6.45, 7) is 4.75. The lowest BCUT2D eigenvalue weighted by Gasteiger charge is -2.25. The second-order valence-electron chi connectivity index (χ2n) is 7.56. The van der Waals surface area contributed by atoms with Crippen molar-refractivity contribution in [2.75, 3.05) is 18.5 Å². The van der Waals surface area contributed by atoms with E-state index in [9.17, 15) is 9.59 Å². The maximum Gasteiger partial charge on any atom is 0.226 e.